The van der Waals surface area contributed by atoms with Crippen molar-refractivity contribution in [1.82, 2.24) is 0 Å². The van der Waals surface area contributed by atoms with Crippen LogP contribution in [0.2, 0.25) is 0 Å². The van der Waals surface area contributed by atoms with Gasteiger partial charge in [-0.25, -0.2) is 0 Å². The lowest BCUT2D eigenvalue weighted by Gasteiger charge is -2.04. The summed E-state index contributed by atoms with van der Waals surface area (Å²) in [5, 5.41) is 0. The first-order valence-corrected chi connectivity index (χ1v) is 8.33. The molecule has 0 unspecified atom stereocenters. The fourth-order valence-electron chi connectivity index (χ4n) is 2.20. The summed E-state index contributed by atoms with van der Waals surface area (Å²) in [4.78, 5) is 12.3. The van der Waals surface area contributed by atoms with Gasteiger partial charge in [0.15, 0.2) is 5.78 Å². The Morgan fingerprint density at radius 1 is 0.583 bits per heavy atom. The molecule has 3 aromatic rings. The number of rotatable bonds is 3. The molecule has 0 spiro atoms. The Bertz CT molecular complexity index is 738. The molecule has 24 heavy (non-hydrogen) atoms. The van der Waals surface area contributed by atoms with Gasteiger partial charge < -0.3 is 0 Å². The summed E-state index contributed by atoms with van der Waals surface area (Å²) >= 11 is 0. The Morgan fingerprint density at radius 3 is 1.46 bits per heavy atom. The third-order valence-corrected chi connectivity index (χ3v) is 3.29. The lowest BCUT2D eigenvalue weighted by Crippen LogP contribution is -2.00. The van der Waals surface area contributed by atoms with Crippen LogP contribution in [-0.2, 0) is 0 Å². The third kappa shape index (κ3) is 5.20. The molecule has 0 radical (unpaired) electrons. The highest BCUT2D eigenvalue weighted by atomic mass is 16.1. The van der Waals surface area contributed by atoms with Crippen LogP contribution < -0.4 is 0 Å². The van der Waals surface area contributed by atoms with Gasteiger partial charge in [0.25, 0.3) is 0 Å². The molecule has 0 aliphatic rings. The molecule has 3 aromatic carbocycles. The first-order chi connectivity index (χ1) is 11.6. The summed E-state index contributed by atoms with van der Waals surface area (Å²) in [5.74, 6) is 0.894. The highest BCUT2D eigenvalue weighted by Gasteiger charge is 2.08. The molecule has 0 saturated heterocycles. The predicted octanol–water partition coefficient (Wildman–Crippen LogP) is 6.25. The highest BCUT2D eigenvalue weighted by molar-refractivity contribution is 6.09. The Balaban J connectivity index is 0.000000471. The Kier molecular flexibility index (Phi) is 6.51. The second kappa shape index (κ2) is 8.83. The summed E-state index contributed by atoms with van der Waals surface area (Å²) in [6.07, 6.45) is 0. The van der Waals surface area contributed by atoms with Gasteiger partial charge in [-0.2, -0.15) is 0 Å². The van der Waals surface area contributed by atoms with E-state index in [0.29, 0.717) is 0 Å². The second-order valence-corrected chi connectivity index (χ2v) is 6.37. The van der Waals surface area contributed by atoms with E-state index in [2.05, 4.69) is 32.9 Å². The molecule has 0 atom stereocenters. The van der Waals surface area contributed by atoms with E-state index >= 15 is 0 Å². The van der Waals surface area contributed by atoms with Gasteiger partial charge in [0.1, 0.15) is 0 Å². The fourth-order valence-corrected chi connectivity index (χ4v) is 2.20. The van der Waals surface area contributed by atoms with Crippen LogP contribution in [0.3, 0.4) is 0 Å². The molecule has 0 fully saturated rings. The third-order valence-electron chi connectivity index (χ3n) is 3.29. The quantitative estimate of drug-likeness (QED) is 0.522. The average Bonchev–Trinajstić information content (AvgIpc) is 2.62. The number of benzene rings is 3. The van der Waals surface area contributed by atoms with Gasteiger partial charge in [-0.15, -0.1) is 0 Å². The fraction of sp³-hybridized carbons (Fsp3) is 0.174. The molecule has 1 nitrogen and oxygen atoms in total. The normalized spacial score (nSPS) is 10.0. The van der Waals surface area contributed by atoms with Gasteiger partial charge in [0, 0.05) is 11.1 Å². The zero-order valence-electron chi connectivity index (χ0n) is 14.6. The SMILES string of the molecule is CC(C)C.O=C(c1ccccc1)c1ccc(-c2ccccc2)cc1. The predicted molar refractivity (Wildman–Crippen MR) is 102 cm³/mol. The molecule has 0 saturated carbocycles. The summed E-state index contributed by atoms with van der Waals surface area (Å²) in [5.41, 5.74) is 3.72. The van der Waals surface area contributed by atoms with Gasteiger partial charge in [0.05, 0.1) is 0 Å². The molecule has 0 bridgehead atoms. The summed E-state index contributed by atoms with van der Waals surface area (Å²) in [7, 11) is 0. The van der Waals surface area contributed by atoms with Gasteiger partial charge in [-0.3, -0.25) is 4.79 Å². The minimum absolute atomic E-state index is 0.0604. The van der Waals surface area contributed by atoms with Crippen molar-refractivity contribution in [2.24, 2.45) is 5.92 Å². The van der Waals surface area contributed by atoms with Crippen molar-refractivity contribution in [3.8, 4) is 11.1 Å². The van der Waals surface area contributed by atoms with Gasteiger partial charge in [0.2, 0.25) is 0 Å². The van der Waals surface area contributed by atoms with Crippen molar-refractivity contribution in [2.45, 2.75) is 20.8 Å². The topological polar surface area (TPSA) is 17.1 Å². The van der Waals surface area contributed by atoms with E-state index in [4.69, 9.17) is 0 Å². The molecule has 0 aromatic heterocycles. The minimum Gasteiger partial charge on any atom is -0.289 e. The number of carbonyl (C=O) groups excluding carboxylic acids is 1. The van der Waals surface area contributed by atoms with Crippen molar-refractivity contribution < 1.29 is 4.79 Å². The Labute approximate surface area is 145 Å². The maximum atomic E-state index is 12.3. The van der Waals surface area contributed by atoms with Crippen LogP contribution in [0.5, 0.6) is 0 Å². The monoisotopic (exact) mass is 316 g/mol. The van der Waals surface area contributed by atoms with Crippen LogP contribution >= 0.6 is 0 Å². The van der Waals surface area contributed by atoms with Crippen LogP contribution in [0.1, 0.15) is 36.7 Å². The Morgan fingerprint density at radius 2 is 0.958 bits per heavy atom. The number of hydrogen-bond acceptors (Lipinski definition) is 1. The average molecular weight is 316 g/mol. The largest absolute Gasteiger partial charge is 0.289 e. The highest BCUT2D eigenvalue weighted by Crippen LogP contribution is 2.20. The van der Waals surface area contributed by atoms with E-state index in [1.807, 2.05) is 72.8 Å². The van der Waals surface area contributed by atoms with Crippen LogP contribution in [0, 0.1) is 5.92 Å². The van der Waals surface area contributed by atoms with Crippen LogP contribution in [0.15, 0.2) is 84.9 Å². The zero-order valence-corrected chi connectivity index (χ0v) is 14.6. The summed E-state index contributed by atoms with van der Waals surface area (Å²) in [6, 6.07) is 27.3. The summed E-state index contributed by atoms with van der Waals surface area (Å²) < 4.78 is 0. The molecule has 0 aliphatic carbocycles. The maximum Gasteiger partial charge on any atom is 0.193 e. The van der Waals surface area contributed by atoms with Gasteiger partial charge in [-0.1, -0.05) is 106 Å². The standard InChI is InChI=1S/C19H14O.C4H10/c20-19(17-9-5-2-6-10-17)18-13-11-16(12-14-18)15-7-3-1-4-8-15;1-4(2)3/h1-14H;4H,1-3H3. The van der Waals surface area contributed by atoms with Crippen molar-refractivity contribution in [1.29, 1.82) is 0 Å². The van der Waals surface area contributed by atoms with Crippen molar-refractivity contribution in [3.05, 3.63) is 96.1 Å². The van der Waals surface area contributed by atoms with Gasteiger partial charge in [-0.05, 0) is 17.0 Å². The minimum atomic E-state index is 0.0604. The van der Waals surface area contributed by atoms with Crippen molar-refractivity contribution >= 4 is 5.78 Å². The molecule has 122 valence electrons. The van der Waals surface area contributed by atoms with Crippen LogP contribution in [0.4, 0.5) is 0 Å². The van der Waals surface area contributed by atoms with Gasteiger partial charge >= 0.3 is 0 Å². The van der Waals surface area contributed by atoms with E-state index in [0.717, 1.165) is 28.2 Å². The summed E-state index contributed by atoms with van der Waals surface area (Å²) in [6.45, 7) is 6.50. The van der Waals surface area contributed by atoms with E-state index in [1.54, 1.807) is 0 Å². The zero-order chi connectivity index (χ0) is 17.4. The maximum absolute atomic E-state index is 12.3. The van der Waals surface area contributed by atoms with Crippen molar-refractivity contribution in [3.63, 3.8) is 0 Å². The molecular weight excluding hydrogens is 292 g/mol. The smallest absolute Gasteiger partial charge is 0.193 e. The second-order valence-electron chi connectivity index (χ2n) is 6.37. The molecular formula is C23H24O. The first-order valence-electron chi connectivity index (χ1n) is 8.33. The first kappa shape index (κ1) is 17.7. The molecule has 0 heterocycles. The van der Waals surface area contributed by atoms with Crippen LogP contribution in [0.25, 0.3) is 11.1 Å². The number of carbonyl (C=O) groups is 1. The van der Waals surface area contributed by atoms with E-state index in [-0.39, 0.29) is 5.78 Å². The molecule has 0 aliphatic heterocycles. The van der Waals surface area contributed by atoms with Crippen LogP contribution in [-0.4, -0.2) is 5.78 Å². The molecule has 1 heteroatoms. The lowest BCUT2D eigenvalue weighted by molar-refractivity contribution is 0.103. The lowest BCUT2D eigenvalue weighted by atomic mass is 9.99. The van der Waals surface area contributed by atoms with E-state index < -0.39 is 0 Å². The number of hydrogen-bond donors (Lipinski definition) is 0. The van der Waals surface area contributed by atoms with E-state index in [9.17, 15) is 4.79 Å². The number of ketones is 1. The van der Waals surface area contributed by atoms with Crippen molar-refractivity contribution in [2.75, 3.05) is 0 Å². The molecule has 0 amide bonds. The Hall–Kier alpha value is -2.67. The van der Waals surface area contributed by atoms with E-state index in [1.165, 1.54) is 0 Å². The molecule has 3 rings (SSSR count). The molecule has 0 N–H and O–H groups in total.